The number of hydrogen-bond acceptors (Lipinski definition) is 4. The molecule has 56 heavy (non-hydrogen) atoms. The van der Waals surface area contributed by atoms with Crippen LogP contribution in [0.4, 0.5) is 0 Å². The number of fused-ring (bicyclic) bond motifs is 4. The molecule has 0 atom stereocenters. The summed E-state index contributed by atoms with van der Waals surface area (Å²) in [5, 5.41) is 1.89. The monoisotopic (exact) mass is 732 g/mol. The van der Waals surface area contributed by atoms with Crippen LogP contribution in [0.25, 0.3) is 43.6 Å². The molecule has 0 bridgehead atoms. The van der Waals surface area contributed by atoms with Gasteiger partial charge in [0, 0.05) is 32.4 Å². The minimum atomic E-state index is -0.184. The minimum Gasteiger partial charge on any atom is -0.455 e. The SMILES string of the molecule is CC(C)(c1ccccc1)c1ccc(Oc2cccc3c(=O)c4cc5[nH]c6c(Oc7ccc(C(C)(C)c8ccccc8)cc7)cccc6c(=O)c5cc4[nH]c23)cc1. The van der Waals surface area contributed by atoms with Crippen molar-refractivity contribution in [2.75, 3.05) is 0 Å². The Kier molecular flexibility index (Phi) is 8.35. The zero-order valence-corrected chi connectivity index (χ0v) is 31.6. The molecule has 6 heteroatoms. The molecule has 0 spiro atoms. The molecule has 2 heterocycles. The lowest BCUT2D eigenvalue weighted by molar-refractivity contribution is 0.486. The molecule has 0 fully saturated rings. The second-order valence-corrected chi connectivity index (χ2v) is 15.4. The molecule has 9 aromatic rings. The minimum absolute atomic E-state index is 0.162. The van der Waals surface area contributed by atoms with Crippen molar-refractivity contribution in [3.05, 3.63) is 200 Å². The van der Waals surface area contributed by atoms with Gasteiger partial charge in [-0.1, -0.05) is 125 Å². The second-order valence-electron chi connectivity index (χ2n) is 15.4. The number of nitrogens with one attached hydrogen (secondary N) is 2. The number of aromatic nitrogens is 2. The maximum absolute atomic E-state index is 14.1. The van der Waals surface area contributed by atoms with Crippen LogP contribution in [0.3, 0.4) is 0 Å². The van der Waals surface area contributed by atoms with Crippen LogP contribution < -0.4 is 20.3 Å². The molecule has 0 amide bonds. The van der Waals surface area contributed by atoms with Gasteiger partial charge in [0.1, 0.15) is 11.5 Å². The highest BCUT2D eigenvalue weighted by Crippen LogP contribution is 2.36. The lowest BCUT2D eigenvalue weighted by atomic mass is 9.78. The molecule has 2 N–H and O–H groups in total. The quantitative estimate of drug-likeness (QED) is 0.152. The van der Waals surface area contributed by atoms with E-state index in [1.165, 1.54) is 11.1 Å². The number of hydrogen-bond donors (Lipinski definition) is 2. The largest absolute Gasteiger partial charge is 0.455 e. The van der Waals surface area contributed by atoms with Crippen molar-refractivity contribution in [1.29, 1.82) is 0 Å². The van der Waals surface area contributed by atoms with E-state index in [-0.39, 0.29) is 21.7 Å². The van der Waals surface area contributed by atoms with E-state index in [9.17, 15) is 9.59 Å². The number of ether oxygens (including phenoxy) is 2. The molecule has 0 unspecified atom stereocenters. The third-order valence-corrected chi connectivity index (χ3v) is 11.3. The van der Waals surface area contributed by atoms with Gasteiger partial charge < -0.3 is 19.4 Å². The van der Waals surface area contributed by atoms with E-state index in [4.69, 9.17) is 9.47 Å². The van der Waals surface area contributed by atoms with Gasteiger partial charge in [-0.3, -0.25) is 9.59 Å². The number of aromatic amines is 2. The number of benzene rings is 7. The Morgan fingerprint density at radius 2 is 0.750 bits per heavy atom. The van der Waals surface area contributed by atoms with Gasteiger partial charge in [0.15, 0.2) is 22.4 Å². The smallest absolute Gasteiger partial charge is 0.197 e. The van der Waals surface area contributed by atoms with Crippen molar-refractivity contribution in [3.8, 4) is 23.0 Å². The van der Waals surface area contributed by atoms with E-state index in [1.807, 2.05) is 60.7 Å². The molecule has 0 saturated carbocycles. The van der Waals surface area contributed by atoms with Gasteiger partial charge in [-0.15, -0.1) is 0 Å². The fourth-order valence-electron chi connectivity index (χ4n) is 7.79. The summed E-state index contributed by atoms with van der Waals surface area (Å²) in [6.07, 6.45) is 0. The summed E-state index contributed by atoms with van der Waals surface area (Å²) >= 11 is 0. The Hall–Kier alpha value is -6.92. The Labute approximate surface area is 324 Å². The summed E-state index contributed by atoms with van der Waals surface area (Å²) in [6, 6.07) is 51.4. The Bertz CT molecular complexity index is 2830. The molecule has 0 radical (unpaired) electrons. The van der Waals surface area contributed by atoms with Crippen molar-refractivity contribution < 1.29 is 9.47 Å². The number of para-hydroxylation sites is 2. The topological polar surface area (TPSA) is 84.2 Å². The van der Waals surface area contributed by atoms with E-state index in [2.05, 4.69) is 110 Å². The summed E-state index contributed by atoms with van der Waals surface area (Å²) in [6.45, 7) is 8.82. The van der Waals surface area contributed by atoms with E-state index in [1.54, 1.807) is 24.3 Å². The first-order valence-corrected chi connectivity index (χ1v) is 18.8. The molecule has 0 aliphatic carbocycles. The first kappa shape index (κ1) is 34.8. The average Bonchev–Trinajstić information content (AvgIpc) is 3.22. The lowest BCUT2D eigenvalue weighted by Gasteiger charge is -2.26. The molecule has 0 aliphatic rings. The standard InChI is InChI=1S/C50H40N2O4/c1-49(2,31-13-7-5-8-14-31)33-21-25-35(26-22-33)55-43-19-11-17-37-45(43)51-41-29-40-42(30-39(41)47(37)53)52-46-38(48(40)54)18-12-20-44(46)56-36-27-23-34(24-28-36)50(3,4)32-15-9-6-10-16-32/h5-30H,1-4H3,(H,51,53)(H,52,54). The van der Waals surface area contributed by atoms with Gasteiger partial charge in [0.2, 0.25) is 0 Å². The van der Waals surface area contributed by atoms with Crippen LogP contribution in [0.2, 0.25) is 0 Å². The van der Waals surface area contributed by atoms with Crippen molar-refractivity contribution in [2.45, 2.75) is 38.5 Å². The fourth-order valence-corrected chi connectivity index (χ4v) is 7.79. The molecule has 6 nitrogen and oxygen atoms in total. The van der Waals surface area contributed by atoms with Gasteiger partial charge >= 0.3 is 0 Å². The molecule has 7 aromatic carbocycles. The molecule has 0 saturated heterocycles. The molecule has 274 valence electrons. The van der Waals surface area contributed by atoms with Crippen LogP contribution in [0.15, 0.2) is 167 Å². The van der Waals surface area contributed by atoms with Crippen molar-refractivity contribution in [2.24, 2.45) is 0 Å². The summed E-state index contributed by atoms with van der Waals surface area (Å²) < 4.78 is 12.8. The molecule has 2 aromatic heterocycles. The molecule has 9 rings (SSSR count). The molecular weight excluding hydrogens is 693 g/mol. The Balaban J connectivity index is 1.05. The number of pyridine rings is 2. The highest BCUT2D eigenvalue weighted by atomic mass is 16.5. The highest BCUT2D eigenvalue weighted by Gasteiger charge is 2.24. The number of H-pyrrole nitrogens is 2. The van der Waals surface area contributed by atoms with Crippen LogP contribution in [-0.4, -0.2) is 9.97 Å². The van der Waals surface area contributed by atoms with Crippen LogP contribution >= 0.6 is 0 Å². The number of rotatable bonds is 8. The van der Waals surface area contributed by atoms with Crippen molar-refractivity contribution >= 4 is 43.6 Å². The van der Waals surface area contributed by atoms with Crippen molar-refractivity contribution in [1.82, 2.24) is 9.97 Å². The normalized spacial score (nSPS) is 12.1. The zero-order chi connectivity index (χ0) is 38.6. The first-order chi connectivity index (χ1) is 27.1. The summed E-state index contributed by atoms with van der Waals surface area (Å²) in [4.78, 5) is 35.0. The molecule has 0 aliphatic heterocycles. The van der Waals surface area contributed by atoms with Gasteiger partial charge in [-0.2, -0.15) is 0 Å². The summed E-state index contributed by atoms with van der Waals surface area (Å²) in [5.74, 6) is 2.33. The van der Waals surface area contributed by atoms with Gasteiger partial charge in [-0.25, -0.2) is 0 Å². The first-order valence-electron chi connectivity index (χ1n) is 18.8. The third kappa shape index (κ3) is 6.00. The second kappa shape index (κ2) is 13.4. The predicted molar refractivity (Wildman–Crippen MR) is 228 cm³/mol. The van der Waals surface area contributed by atoms with E-state index in [0.717, 1.165) is 11.1 Å². The highest BCUT2D eigenvalue weighted by molar-refractivity contribution is 6.04. The summed E-state index contributed by atoms with van der Waals surface area (Å²) in [7, 11) is 0. The van der Waals surface area contributed by atoms with E-state index >= 15 is 0 Å². The van der Waals surface area contributed by atoms with Crippen LogP contribution in [-0.2, 0) is 10.8 Å². The third-order valence-electron chi connectivity index (χ3n) is 11.3. The maximum Gasteiger partial charge on any atom is 0.197 e. The van der Waals surface area contributed by atoms with E-state index < -0.39 is 0 Å². The van der Waals surface area contributed by atoms with Gasteiger partial charge in [0.05, 0.1) is 22.1 Å². The fraction of sp³-hybridized carbons (Fsp3) is 0.120. The average molecular weight is 733 g/mol. The van der Waals surface area contributed by atoms with Crippen molar-refractivity contribution in [3.63, 3.8) is 0 Å². The zero-order valence-electron chi connectivity index (χ0n) is 31.6. The van der Waals surface area contributed by atoms with E-state index in [0.29, 0.717) is 66.6 Å². The maximum atomic E-state index is 14.1. The van der Waals surface area contributed by atoms with Crippen LogP contribution in [0.1, 0.15) is 49.9 Å². The van der Waals surface area contributed by atoms with Crippen LogP contribution in [0.5, 0.6) is 23.0 Å². The lowest BCUT2D eigenvalue weighted by Crippen LogP contribution is -2.18. The van der Waals surface area contributed by atoms with Gasteiger partial charge in [-0.05, 0) is 82.9 Å². The summed E-state index contributed by atoms with van der Waals surface area (Å²) in [5.41, 5.74) is 6.29. The van der Waals surface area contributed by atoms with Crippen LogP contribution in [0, 0.1) is 0 Å². The predicted octanol–water partition coefficient (Wildman–Crippen LogP) is 11.9. The van der Waals surface area contributed by atoms with Gasteiger partial charge in [0.25, 0.3) is 0 Å². The molecular formula is C50H40N2O4. The Morgan fingerprint density at radius 3 is 1.12 bits per heavy atom. The Morgan fingerprint density at radius 1 is 0.393 bits per heavy atom.